The standard InChI is InChI=1S/C20H21Cl2NO3/c1-26-15-9-7-13(8-10-15)19(16-5-2-6-17(21)18(16)22)23-11-3-4-14(12-23)20(24)25/h2,5-10,14,19H,3-4,11-12H2,1H3,(H,24,25). The number of carboxylic acid groups (broad SMARTS) is 1. The number of benzene rings is 2. The van der Waals surface area contributed by atoms with Crippen LogP contribution in [0.5, 0.6) is 5.75 Å². The van der Waals surface area contributed by atoms with Crippen LogP contribution in [0.2, 0.25) is 10.0 Å². The van der Waals surface area contributed by atoms with Gasteiger partial charge >= 0.3 is 5.97 Å². The van der Waals surface area contributed by atoms with Crippen LogP contribution in [-0.2, 0) is 4.79 Å². The first-order valence-corrected chi connectivity index (χ1v) is 9.31. The molecular formula is C20H21Cl2NO3. The predicted molar refractivity (Wildman–Crippen MR) is 103 cm³/mol. The molecule has 1 fully saturated rings. The first-order valence-electron chi connectivity index (χ1n) is 8.56. The smallest absolute Gasteiger partial charge is 0.307 e. The van der Waals surface area contributed by atoms with Crippen molar-refractivity contribution in [2.24, 2.45) is 5.92 Å². The molecule has 138 valence electrons. The Labute approximate surface area is 163 Å². The second-order valence-corrected chi connectivity index (χ2v) is 7.28. The number of carbonyl (C=O) groups is 1. The molecule has 0 radical (unpaired) electrons. The Hall–Kier alpha value is -1.75. The summed E-state index contributed by atoms with van der Waals surface area (Å²) >= 11 is 12.8. The summed E-state index contributed by atoms with van der Waals surface area (Å²) in [7, 11) is 1.63. The molecule has 2 aromatic rings. The largest absolute Gasteiger partial charge is 0.497 e. The summed E-state index contributed by atoms with van der Waals surface area (Å²) in [5, 5.41) is 10.5. The minimum atomic E-state index is -0.750. The average molecular weight is 394 g/mol. The molecule has 1 N–H and O–H groups in total. The third-order valence-corrected chi connectivity index (χ3v) is 5.71. The highest BCUT2D eigenvalue weighted by atomic mass is 35.5. The summed E-state index contributed by atoms with van der Waals surface area (Å²) in [5.41, 5.74) is 1.91. The van der Waals surface area contributed by atoms with Gasteiger partial charge in [-0.05, 0) is 48.7 Å². The number of likely N-dealkylation sites (tertiary alicyclic amines) is 1. The van der Waals surface area contributed by atoms with Crippen LogP contribution in [0.15, 0.2) is 42.5 Å². The lowest BCUT2D eigenvalue weighted by atomic mass is 9.91. The van der Waals surface area contributed by atoms with Gasteiger partial charge in [0.1, 0.15) is 5.75 Å². The molecule has 0 saturated carbocycles. The van der Waals surface area contributed by atoms with E-state index in [0.717, 1.165) is 29.8 Å². The summed E-state index contributed by atoms with van der Waals surface area (Å²) in [6, 6.07) is 13.2. The average Bonchev–Trinajstić information content (AvgIpc) is 2.66. The molecule has 1 aliphatic heterocycles. The summed E-state index contributed by atoms with van der Waals surface area (Å²) in [6.45, 7) is 1.29. The van der Waals surface area contributed by atoms with Crippen molar-refractivity contribution in [2.45, 2.75) is 18.9 Å². The van der Waals surface area contributed by atoms with Gasteiger partial charge in [0.15, 0.2) is 0 Å². The zero-order valence-corrected chi connectivity index (χ0v) is 16.0. The van der Waals surface area contributed by atoms with E-state index in [1.54, 1.807) is 13.2 Å². The molecule has 0 amide bonds. The highest BCUT2D eigenvalue weighted by molar-refractivity contribution is 6.42. The highest BCUT2D eigenvalue weighted by Gasteiger charge is 2.32. The molecule has 6 heteroatoms. The van der Waals surface area contributed by atoms with Crippen molar-refractivity contribution in [3.8, 4) is 5.75 Å². The van der Waals surface area contributed by atoms with Gasteiger partial charge in [0.05, 0.1) is 29.1 Å². The zero-order chi connectivity index (χ0) is 18.7. The number of nitrogens with zero attached hydrogens (tertiary/aromatic N) is 1. The molecule has 2 unspecified atom stereocenters. The van der Waals surface area contributed by atoms with Crippen LogP contribution in [0, 0.1) is 5.92 Å². The van der Waals surface area contributed by atoms with Crippen molar-refractivity contribution in [3.63, 3.8) is 0 Å². The molecule has 1 saturated heterocycles. The number of aliphatic carboxylic acids is 1. The van der Waals surface area contributed by atoms with Gasteiger partial charge in [-0.2, -0.15) is 0 Å². The van der Waals surface area contributed by atoms with Crippen molar-refractivity contribution < 1.29 is 14.6 Å². The minimum Gasteiger partial charge on any atom is -0.497 e. The molecule has 26 heavy (non-hydrogen) atoms. The number of piperidine rings is 1. The van der Waals surface area contributed by atoms with Gasteiger partial charge in [-0.15, -0.1) is 0 Å². The molecule has 2 atom stereocenters. The summed E-state index contributed by atoms with van der Waals surface area (Å²) in [5.74, 6) is -0.352. The van der Waals surface area contributed by atoms with E-state index < -0.39 is 5.97 Å². The molecule has 4 nitrogen and oxygen atoms in total. The van der Waals surface area contributed by atoms with Crippen LogP contribution >= 0.6 is 23.2 Å². The fraction of sp³-hybridized carbons (Fsp3) is 0.350. The molecule has 0 spiro atoms. The molecule has 1 heterocycles. The third kappa shape index (κ3) is 3.98. The van der Waals surface area contributed by atoms with Gasteiger partial charge in [0, 0.05) is 6.54 Å². The Balaban J connectivity index is 2.03. The highest BCUT2D eigenvalue weighted by Crippen LogP contribution is 2.39. The van der Waals surface area contributed by atoms with E-state index in [9.17, 15) is 9.90 Å². The van der Waals surface area contributed by atoms with Crippen molar-refractivity contribution in [3.05, 3.63) is 63.6 Å². The van der Waals surface area contributed by atoms with Crippen molar-refractivity contribution >= 4 is 29.2 Å². The van der Waals surface area contributed by atoms with E-state index in [0.29, 0.717) is 23.0 Å². The number of methoxy groups -OCH3 is 1. The molecule has 3 rings (SSSR count). The molecule has 1 aliphatic rings. The first-order chi connectivity index (χ1) is 12.5. The van der Waals surface area contributed by atoms with Crippen LogP contribution in [0.25, 0.3) is 0 Å². The molecular weight excluding hydrogens is 373 g/mol. The van der Waals surface area contributed by atoms with E-state index in [1.807, 2.05) is 36.4 Å². The molecule has 0 bridgehead atoms. The van der Waals surface area contributed by atoms with E-state index in [-0.39, 0.29) is 12.0 Å². The van der Waals surface area contributed by atoms with Gasteiger partial charge in [-0.1, -0.05) is 47.5 Å². The van der Waals surface area contributed by atoms with E-state index in [2.05, 4.69) is 4.90 Å². The molecule has 0 aromatic heterocycles. The zero-order valence-electron chi connectivity index (χ0n) is 14.5. The third-order valence-electron chi connectivity index (χ3n) is 4.87. The van der Waals surface area contributed by atoms with Crippen LogP contribution in [0.1, 0.15) is 30.0 Å². The quantitative estimate of drug-likeness (QED) is 0.785. The SMILES string of the molecule is COc1ccc(C(c2cccc(Cl)c2Cl)N2CCCC(C(=O)O)C2)cc1. The number of ether oxygens (including phenoxy) is 1. The Bertz CT molecular complexity index is 779. The number of halogens is 2. The summed E-state index contributed by atoms with van der Waals surface area (Å²) in [4.78, 5) is 13.7. The number of rotatable bonds is 5. The molecule has 2 aromatic carbocycles. The van der Waals surface area contributed by atoms with Crippen LogP contribution < -0.4 is 4.74 Å². The normalized spacial score (nSPS) is 19.1. The van der Waals surface area contributed by atoms with Crippen molar-refractivity contribution in [1.82, 2.24) is 4.90 Å². The van der Waals surface area contributed by atoms with Gasteiger partial charge in [0.2, 0.25) is 0 Å². The van der Waals surface area contributed by atoms with Gasteiger partial charge < -0.3 is 9.84 Å². The monoisotopic (exact) mass is 393 g/mol. The van der Waals surface area contributed by atoms with Gasteiger partial charge in [-0.25, -0.2) is 0 Å². The maximum Gasteiger partial charge on any atom is 0.307 e. The number of hydrogen-bond donors (Lipinski definition) is 1. The maximum atomic E-state index is 11.5. The second kappa shape index (κ2) is 8.30. The van der Waals surface area contributed by atoms with Crippen LogP contribution in [0.3, 0.4) is 0 Å². The van der Waals surface area contributed by atoms with E-state index >= 15 is 0 Å². The Morgan fingerprint density at radius 3 is 2.62 bits per heavy atom. The number of hydrogen-bond acceptors (Lipinski definition) is 3. The lowest BCUT2D eigenvalue weighted by Gasteiger charge is -2.38. The van der Waals surface area contributed by atoms with Gasteiger partial charge in [0.25, 0.3) is 0 Å². The van der Waals surface area contributed by atoms with E-state index in [4.69, 9.17) is 27.9 Å². The van der Waals surface area contributed by atoms with Crippen LogP contribution in [-0.4, -0.2) is 36.2 Å². The topological polar surface area (TPSA) is 49.8 Å². The van der Waals surface area contributed by atoms with Crippen molar-refractivity contribution in [1.29, 1.82) is 0 Å². The number of carboxylic acids is 1. The van der Waals surface area contributed by atoms with E-state index in [1.165, 1.54) is 0 Å². The Morgan fingerprint density at radius 2 is 1.96 bits per heavy atom. The lowest BCUT2D eigenvalue weighted by Crippen LogP contribution is -2.41. The van der Waals surface area contributed by atoms with Gasteiger partial charge in [-0.3, -0.25) is 9.69 Å². The molecule has 0 aliphatic carbocycles. The Kier molecular flexibility index (Phi) is 6.07. The summed E-state index contributed by atoms with van der Waals surface area (Å²) < 4.78 is 5.25. The second-order valence-electron chi connectivity index (χ2n) is 6.49. The maximum absolute atomic E-state index is 11.5. The minimum absolute atomic E-state index is 0.158. The first kappa shape index (κ1) is 19.0. The van der Waals surface area contributed by atoms with Crippen LogP contribution in [0.4, 0.5) is 0 Å². The predicted octanol–water partition coefficient (Wildman–Crippen LogP) is 4.89. The van der Waals surface area contributed by atoms with Crippen molar-refractivity contribution in [2.75, 3.05) is 20.2 Å². The Morgan fingerprint density at radius 1 is 1.23 bits per heavy atom. The fourth-order valence-corrected chi connectivity index (χ4v) is 3.96. The fourth-order valence-electron chi connectivity index (χ4n) is 3.55. The summed E-state index contributed by atoms with van der Waals surface area (Å²) in [6.07, 6.45) is 1.53. The lowest BCUT2D eigenvalue weighted by molar-refractivity contribution is -0.143.